The fourth-order valence-electron chi connectivity index (χ4n) is 2.54. The number of piperidine rings is 1. The number of hydrogen-bond acceptors (Lipinski definition) is 3. The number of carbonyl (C=O) groups excluding carboxylic acids is 1. The van der Waals surface area contributed by atoms with Crippen LogP contribution in [0.4, 0.5) is 13.2 Å². The Morgan fingerprint density at radius 3 is 2.55 bits per heavy atom. The van der Waals surface area contributed by atoms with Crippen molar-refractivity contribution in [1.29, 1.82) is 0 Å². The van der Waals surface area contributed by atoms with Crippen LogP contribution in [0.2, 0.25) is 0 Å². The summed E-state index contributed by atoms with van der Waals surface area (Å²) in [4.78, 5) is 13.8. The molecular weight excluding hydrogens is 297 g/mol. The molecule has 1 atom stereocenters. The Morgan fingerprint density at radius 2 is 1.95 bits per heavy atom. The molecule has 1 fully saturated rings. The largest absolute Gasteiger partial charge is 0.484 e. The van der Waals surface area contributed by atoms with Gasteiger partial charge in [0.2, 0.25) is 0 Å². The molecule has 2 N–H and O–H groups in total. The minimum absolute atomic E-state index is 0.0254. The average Bonchev–Trinajstić information content (AvgIpc) is 2.52. The number of likely N-dealkylation sites (tertiary alicyclic amines) is 1. The third-order valence-corrected chi connectivity index (χ3v) is 3.76. The van der Waals surface area contributed by atoms with E-state index in [2.05, 4.69) is 0 Å². The van der Waals surface area contributed by atoms with Crippen LogP contribution in [0.5, 0.6) is 5.75 Å². The van der Waals surface area contributed by atoms with Crippen LogP contribution in [-0.2, 0) is 11.0 Å². The third kappa shape index (κ3) is 4.13. The van der Waals surface area contributed by atoms with Crippen LogP contribution in [0.15, 0.2) is 24.3 Å². The lowest BCUT2D eigenvalue weighted by molar-refractivity contribution is -0.138. The summed E-state index contributed by atoms with van der Waals surface area (Å²) in [5, 5.41) is 0. The molecule has 1 aromatic rings. The molecular formula is C15H19F3N2O2. The lowest BCUT2D eigenvalue weighted by atomic mass is 10.0. The molecule has 2 rings (SSSR count). The third-order valence-electron chi connectivity index (χ3n) is 3.76. The number of nitrogens with two attached hydrogens (primary N) is 1. The molecule has 1 amide bonds. The molecule has 122 valence electrons. The van der Waals surface area contributed by atoms with Gasteiger partial charge in [-0.25, -0.2) is 0 Å². The predicted octanol–water partition coefficient (Wildman–Crippen LogP) is 2.42. The van der Waals surface area contributed by atoms with Gasteiger partial charge in [0.05, 0.1) is 5.56 Å². The van der Waals surface area contributed by atoms with Crippen molar-refractivity contribution < 1.29 is 22.7 Å². The van der Waals surface area contributed by atoms with Crippen LogP contribution in [-0.4, -0.2) is 36.5 Å². The molecule has 1 aromatic carbocycles. The summed E-state index contributed by atoms with van der Waals surface area (Å²) in [5.74, 6) is 0.0534. The van der Waals surface area contributed by atoms with Gasteiger partial charge in [-0.15, -0.1) is 0 Å². The molecule has 0 saturated carbocycles. The van der Waals surface area contributed by atoms with Gasteiger partial charge in [0.15, 0.2) is 6.61 Å². The van der Waals surface area contributed by atoms with Crippen LogP contribution < -0.4 is 10.5 Å². The lowest BCUT2D eigenvalue weighted by Gasteiger charge is -2.34. The van der Waals surface area contributed by atoms with E-state index in [9.17, 15) is 18.0 Å². The van der Waals surface area contributed by atoms with E-state index in [1.807, 2.05) is 0 Å². The Balaban J connectivity index is 1.90. The molecule has 0 radical (unpaired) electrons. The summed E-state index contributed by atoms with van der Waals surface area (Å²) < 4.78 is 42.6. The van der Waals surface area contributed by atoms with Crippen molar-refractivity contribution in [3.05, 3.63) is 29.8 Å². The van der Waals surface area contributed by atoms with Crippen molar-refractivity contribution >= 4 is 5.91 Å². The van der Waals surface area contributed by atoms with E-state index in [0.717, 1.165) is 31.4 Å². The maximum Gasteiger partial charge on any atom is 0.416 e. The average molecular weight is 316 g/mol. The van der Waals surface area contributed by atoms with E-state index in [-0.39, 0.29) is 24.3 Å². The summed E-state index contributed by atoms with van der Waals surface area (Å²) in [6, 6.07) is 4.32. The second-order valence-electron chi connectivity index (χ2n) is 5.28. The van der Waals surface area contributed by atoms with Crippen molar-refractivity contribution in [2.45, 2.75) is 31.5 Å². The first-order chi connectivity index (χ1) is 10.4. The quantitative estimate of drug-likeness (QED) is 0.928. The highest BCUT2D eigenvalue weighted by Crippen LogP contribution is 2.30. The summed E-state index contributed by atoms with van der Waals surface area (Å²) in [6.07, 6.45) is -1.52. The Labute approximate surface area is 127 Å². The van der Waals surface area contributed by atoms with Gasteiger partial charge in [0, 0.05) is 19.1 Å². The number of halogens is 3. The maximum absolute atomic E-state index is 12.4. The van der Waals surface area contributed by atoms with Gasteiger partial charge in [0.1, 0.15) is 5.75 Å². The van der Waals surface area contributed by atoms with Gasteiger partial charge in [-0.05, 0) is 43.5 Å². The lowest BCUT2D eigenvalue weighted by Crippen LogP contribution is -2.49. The highest BCUT2D eigenvalue weighted by atomic mass is 19.4. The molecule has 4 nitrogen and oxygen atoms in total. The Bertz CT molecular complexity index is 503. The number of carbonyl (C=O) groups is 1. The van der Waals surface area contributed by atoms with Crippen LogP contribution in [0, 0.1) is 0 Å². The maximum atomic E-state index is 12.4. The summed E-state index contributed by atoms with van der Waals surface area (Å²) in [6.45, 7) is 0.866. The molecule has 7 heteroatoms. The van der Waals surface area contributed by atoms with Gasteiger partial charge in [-0.2, -0.15) is 13.2 Å². The van der Waals surface area contributed by atoms with Crippen LogP contribution in [0.25, 0.3) is 0 Å². The van der Waals surface area contributed by atoms with E-state index in [1.165, 1.54) is 12.1 Å². The fraction of sp³-hybridized carbons (Fsp3) is 0.533. The molecule has 1 aliphatic heterocycles. The number of hydrogen-bond donors (Lipinski definition) is 1. The molecule has 1 unspecified atom stereocenters. The molecule has 0 aromatic heterocycles. The summed E-state index contributed by atoms with van der Waals surface area (Å²) in [5.41, 5.74) is 4.91. The van der Waals surface area contributed by atoms with Crippen molar-refractivity contribution in [3.8, 4) is 5.75 Å². The summed E-state index contributed by atoms with van der Waals surface area (Å²) in [7, 11) is 0. The molecule has 1 saturated heterocycles. The van der Waals surface area contributed by atoms with Gasteiger partial charge < -0.3 is 15.4 Å². The highest BCUT2D eigenvalue weighted by molar-refractivity contribution is 5.78. The minimum Gasteiger partial charge on any atom is -0.484 e. The van der Waals surface area contributed by atoms with Crippen molar-refractivity contribution in [2.75, 3.05) is 19.7 Å². The SMILES string of the molecule is NCC1CCCCN1C(=O)COc1ccc(C(F)(F)F)cc1. The number of rotatable bonds is 4. The Morgan fingerprint density at radius 1 is 1.27 bits per heavy atom. The fourth-order valence-corrected chi connectivity index (χ4v) is 2.54. The van der Waals surface area contributed by atoms with Crippen LogP contribution >= 0.6 is 0 Å². The molecule has 0 aliphatic carbocycles. The number of alkyl halides is 3. The predicted molar refractivity (Wildman–Crippen MR) is 75.3 cm³/mol. The smallest absolute Gasteiger partial charge is 0.416 e. The zero-order valence-electron chi connectivity index (χ0n) is 12.1. The monoisotopic (exact) mass is 316 g/mol. The van der Waals surface area contributed by atoms with Crippen molar-refractivity contribution in [3.63, 3.8) is 0 Å². The molecule has 0 spiro atoms. The zero-order valence-corrected chi connectivity index (χ0v) is 12.1. The Hall–Kier alpha value is -1.76. The van der Waals surface area contributed by atoms with Crippen molar-refractivity contribution in [2.24, 2.45) is 5.73 Å². The zero-order chi connectivity index (χ0) is 16.2. The standard InChI is InChI=1S/C15H19F3N2O2/c16-15(17,18)11-4-6-13(7-5-11)22-10-14(21)20-8-2-1-3-12(20)9-19/h4-7,12H,1-3,8-10,19H2. The topological polar surface area (TPSA) is 55.6 Å². The van der Waals surface area contributed by atoms with E-state index in [1.54, 1.807) is 4.90 Å². The molecule has 22 heavy (non-hydrogen) atoms. The number of nitrogens with zero attached hydrogens (tertiary/aromatic N) is 1. The van der Waals surface area contributed by atoms with Gasteiger partial charge in [-0.3, -0.25) is 4.79 Å². The first-order valence-corrected chi connectivity index (χ1v) is 7.21. The second-order valence-corrected chi connectivity index (χ2v) is 5.28. The molecule has 1 heterocycles. The van der Waals surface area contributed by atoms with Crippen LogP contribution in [0.1, 0.15) is 24.8 Å². The van der Waals surface area contributed by atoms with E-state index in [4.69, 9.17) is 10.5 Å². The molecule has 0 bridgehead atoms. The van der Waals surface area contributed by atoms with Gasteiger partial charge in [0.25, 0.3) is 5.91 Å². The van der Waals surface area contributed by atoms with E-state index < -0.39 is 11.7 Å². The normalized spacial score (nSPS) is 19.1. The second kappa shape index (κ2) is 7.00. The van der Waals surface area contributed by atoms with Crippen LogP contribution in [0.3, 0.4) is 0 Å². The molecule has 1 aliphatic rings. The summed E-state index contributed by atoms with van der Waals surface area (Å²) >= 11 is 0. The highest BCUT2D eigenvalue weighted by Gasteiger charge is 2.30. The number of amides is 1. The van der Waals surface area contributed by atoms with Crippen molar-refractivity contribution in [1.82, 2.24) is 4.90 Å². The Kier molecular flexibility index (Phi) is 5.28. The number of ether oxygens (including phenoxy) is 1. The first-order valence-electron chi connectivity index (χ1n) is 7.21. The number of benzene rings is 1. The van der Waals surface area contributed by atoms with E-state index in [0.29, 0.717) is 13.1 Å². The first kappa shape index (κ1) is 16.6. The van der Waals surface area contributed by atoms with E-state index >= 15 is 0 Å². The van der Waals surface area contributed by atoms with Gasteiger partial charge >= 0.3 is 6.18 Å². The minimum atomic E-state index is -4.38. The van der Waals surface area contributed by atoms with Gasteiger partial charge in [-0.1, -0.05) is 0 Å².